The summed E-state index contributed by atoms with van der Waals surface area (Å²) in [5, 5.41) is 17.6. The van der Waals surface area contributed by atoms with Crippen molar-refractivity contribution in [2.24, 2.45) is 34.6 Å². The maximum atomic E-state index is 14.5. The van der Waals surface area contributed by atoms with Gasteiger partial charge in [-0.05, 0) is 125 Å². The van der Waals surface area contributed by atoms with Crippen molar-refractivity contribution < 1.29 is 14.3 Å². The standard InChI is InChI=1S/C53H72ClN9O3S/c1-32-33(2)67-51-48(32)49(58-46(30-47-56-24-25-65-47)50-61-59-34(3)63(50)51)38-14-12-35(13-15-38)10-11-36-26-37(27-36)28-42-22-23-53(62-60-42,40-8-6-4-5-7-9-40)52(64)57-41-17-20-43(21-18-41)66-44-19-16-39(31-55)45(54)29-44/h12-16,19,29,32-34,36-37,40-43,46-48,50-51,56,59-62H,4-9,17-18,20-28,30H2,1-3H3,(H,57,64)/t32?,33?,34?,36?,37?,41?,42?,43?,46-,47?,48?,50?,51?,53?/m0/s1. The summed E-state index contributed by atoms with van der Waals surface area (Å²) in [5.74, 6) is 10.3. The van der Waals surface area contributed by atoms with Gasteiger partial charge in [0.05, 0.1) is 47.0 Å². The number of carbonyl (C=O) groups is 1. The van der Waals surface area contributed by atoms with Crippen LogP contribution in [0.2, 0.25) is 5.02 Å². The van der Waals surface area contributed by atoms with E-state index in [2.05, 4.69) is 112 Å². The van der Waals surface area contributed by atoms with Gasteiger partial charge in [0.2, 0.25) is 5.91 Å². The molecule has 5 aliphatic heterocycles. The van der Waals surface area contributed by atoms with Crippen LogP contribution in [-0.2, 0) is 9.53 Å². The molecule has 4 saturated heterocycles. The van der Waals surface area contributed by atoms with Crippen LogP contribution in [0, 0.1) is 52.8 Å². The zero-order valence-electron chi connectivity index (χ0n) is 39.7. The fourth-order valence-electron chi connectivity index (χ4n) is 12.8. The quantitative estimate of drug-likeness (QED) is 0.103. The van der Waals surface area contributed by atoms with Gasteiger partial charge in [0.1, 0.15) is 23.6 Å². The van der Waals surface area contributed by atoms with Gasteiger partial charge in [-0.3, -0.25) is 25.4 Å². The number of ether oxygens (including phenoxy) is 2. The second kappa shape index (κ2) is 21.0. The molecule has 360 valence electrons. The van der Waals surface area contributed by atoms with Gasteiger partial charge in [-0.1, -0.05) is 75.1 Å². The molecule has 6 N–H and O–H groups in total. The Labute approximate surface area is 408 Å². The van der Waals surface area contributed by atoms with Gasteiger partial charge in [-0.2, -0.15) is 5.26 Å². The average molecular weight is 951 g/mol. The number of nitriles is 1. The lowest BCUT2D eigenvalue weighted by atomic mass is 9.70. The first-order chi connectivity index (χ1) is 32.6. The zero-order valence-corrected chi connectivity index (χ0v) is 41.3. The molecule has 8 aliphatic rings. The fourth-order valence-corrected chi connectivity index (χ4v) is 14.8. The Hall–Kier alpha value is -3.21. The van der Waals surface area contributed by atoms with E-state index in [9.17, 15) is 10.1 Å². The maximum Gasteiger partial charge on any atom is 0.242 e. The summed E-state index contributed by atoms with van der Waals surface area (Å²) in [5.41, 5.74) is 18.0. The summed E-state index contributed by atoms with van der Waals surface area (Å²) in [6.45, 7) is 8.71. The van der Waals surface area contributed by atoms with Crippen molar-refractivity contribution in [2.75, 3.05) is 13.2 Å². The van der Waals surface area contributed by atoms with Crippen molar-refractivity contribution in [3.05, 3.63) is 64.2 Å². The van der Waals surface area contributed by atoms with Crippen molar-refractivity contribution in [1.29, 1.82) is 5.26 Å². The number of nitrogens with one attached hydrogen (secondary N) is 6. The van der Waals surface area contributed by atoms with Crippen molar-refractivity contribution >= 4 is 35.0 Å². The van der Waals surface area contributed by atoms with Gasteiger partial charge < -0.3 is 14.8 Å². The Morgan fingerprint density at radius 3 is 2.48 bits per heavy atom. The average Bonchev–Trinajstić information content (AvgIpc) is 3.95. The van der Waals surface area contributed by atoms with E-state index >= 15 is 0 Å². The highest BCUT2D eigenvalue weighted by molar-refractivity contribution is 8.00. The van der Waals surface area contributed by atoms with Crippen molar-refractivity contribution in [1.82, 2.24) is 37.2 Å². The highest BCUT2D eigenvalue weighted by atomic mass is 35.5. The molecule has 67 heavy (non-hydrogen) atoms. The SMILES string of the molecule is CC1SC2C(C(c3ccc(C#CC4CC(CC5CCC(C(=O)NC6CCC(Oc7ccc(C#N)c(Cl)c7)CC6)(C6CCCCCC6)NN5)C4)cc3)=N[C@@H](CC3NCCO3)C3NNC(C)N23)C1C. The Kier molecular flexibility index (Phi) is 14.9. The van der Waals surface area contributed by atoms with Gasteiger partial charge in [-0.25, -0.2) is 16.3 Å². The predicted octanol–water partition coefficient (Wildman–Crippen LogP) is 7.75. The van der Waals surface area contributed by atoms with Crippen molar-refractivity contribution in [3.63, 3.8) is 0 Å². The second-order valence-electron chi connectivity index (χ2n) is 21.2. The lowest BCUT2D eigenvalue weighted by Crippen LogP contribution is -2.70. The molecule has 0 radical (unpaired) electrons. The molecule has 0 bridgehead atoms. The molecule has 0 spiro atoms. The summed E-state index contributed by atoms with van der Waals surface area (Å²) in [6.07, 6.45) is 17.1. The highest BCUT2D eigenvalue weighted by Gasteiger charge is 2.54. The molecule has 14 heteroatoms. The molecule has 3 saturated carbocycles. The number of hydrogen-bond donors (Lipinski definition) is 6. The van der Waals surface area contributed by atoms with Gasteiger partial charge in [0, 0.05) is 59.5 Å². The van der Waals surface area contributed by atoms with Crippen LogP contribution in [0.25, 0.3) is 0 Å². The third-order valence-corrected chi connectivity index (χ3v) is 18.9. The number of hydrogen-bond acceptors (Lipinski definition) is 12. The van der Waals surface area contributed by atoms with Gasteiger partial charge in [-0.15, -0.1) is 11.8 Å². The molecule has 12 nitrogen and oxygen atoms in total. The fraction of sp³-hybridized carbons (Fsp3) is 0.679. The molecule has 2 aromatic rings. The highest BCUT2D eigenvalue weighted by Crippen LogP contribution is 2.49. The minimum Gasteiger partial charge on any atom is -0.490 e. The molecule has 1 amide bonds. The number of nitrogens with zero attached hydrogens (tertiary/aromatic N) is 3. The number of carbonyl (C=O) groups excluding carboxylic acids is 1. The van der Waals surface area contributed by atoms with E-state index in [0.29, 0.717) is 62.6 Å². The number of hydrazine groups is 2. The van der Waals surface area contributed by atoms with Crippen LogP contribution in [0.3, 0.4) is 0 Å². The van der Waals surface area contributed by atoms with E-state index < -0.39 is 5.54 Å². The normalized spacial score (nSPS) is 37.9. The van der Waals surface area contributed by atoms with Crippen LogP contribution >= 0.6 is 23.4 Å². The van der Waals surface area contributed by atoms with E-state index in [4.69, 9.17) is 26.1 Å². The van der Waals surface area contributed by atoms with E-state index in [1.54, 1.807) is 12.1 Å². The molecular formula is C53H72ClN9O3S. The largest absolute Gasteiger partial charge is 0.490 e. The number of rotatable bonds is 10. The predicted molar refractivity (Wildman–Crippen MR) is 266 cm³/mol. The van der Waals surface area contributed by atoms with Crippen LogP contribution < -0.4 is 37.1 Å². The van der Waals surface area contributed by atoms with E-state index in [-0.39, 0.29) is 42.7 Å². The topological polar surface area (TPSA) is 147 Å². The monoisotopic (exact) mass is 950 g/mol. The van der Waals surface area contributed by atoms with Gasteiger partial charge >= 0.3 is 0 Å². The number of fused-ring (bicyclic) bond motifs is 3. The lowest BCUT2D eigenvalue weighted by Gasteiger charge is -2.47. The summed E-state index contributed by atoms with van der Waals surface area (Å²) in [6, 6.07) is 16.9. The van der Waals surface area contributed by atoms with Crippen molar-refractivity contribution in [2.45, 2.75) is 182 Å². The van der Waals surface area contributed by atoms with Gasteiger partial charge in [0.15, 0.2) is 0 Å². The van der Waals surface area contributed by atoms with Crippen LogP contribution in [0.4, 0.5) is 0 Å². The summed E-state index contributed by atoms with van der Waals surface area (Å²) < 4.78 is 12.3. The van der Waals surface area contributed by atoms with Crippen LogP contribution in [-0.4, -0.2) is 88.6 Å². The molecule has 10 atom stereocenters. The Morgan fingerprint density at radius 1 is 0.985 bits per heavy atom. The number of benzene rings is 2. The Balaban J connectivity index is 0.727. The molecule has 5 heterocycles. The summed E-state index contributed by atoms with van der Waals surface area (Å²) in [7, 11) is 0. The zero-order chi connectivity index (χ0) is 46.1. The van der Waals surface area contributed by atoms with Gasteiger partial charge in [0.25, 0.3) is 0 Å². The minimum absolute atomic E-state index is 0.0263. The summed E-state index contributed by atoms with van der Waals surface area (Å²) >= 11 is 8.37. The molecule has 3 aliphatic carbocycles. The third kappa shape index (κ3) is 10.3. The summed E-state index contributed by atoms with van der Waals surface area (Å²) in [4.78, 5) is 22.8. The van der Waals surface area contributed by atoms with Crippen molar-refractivity contribution in [3.8, 4) is 23.7 Å². The number of thioether (sulfide) groups is 1. The molecular weight excluding hydrogens is 878 g/mol. The van der Waals surface area contributed by atoms with E-state index in [0.717, 1.165) is 95.8 Å². The third-order valence-electron chi connectivity index (χ3n) is 16.9. The molecule has 7 fully saturated rings. The van der Waals surface area contributed by atoms with E-state index in [1.807, 2.05) is 6.07 Å². The number of aliphatic imine (C=N–C) groups is 1. The second-order valence-corrected chi connectivity index (χ2v) is 23.1. The Bertz CT molecular complexity index is 2180. The number of halogens is 1. The molecule has 9 unspecified atom stereocenters. The minimum atomic E-state index is -0.582. The van der Waals surface area contributed by atoms with E-state index in [1.165, 1.54) is 37.0 Å². The lowest BCUT2D eigenvalue weighted by molar-refractivity contribution is -0.134. The number of amides is 1. The van der Waals surface area contributed by atoms with Crippen LogP contribution in [0.15, 0.2) is 47.5 Å². The Morgan fingerprint density at radius 2 is 1.78 bits per heavy atom. The first kappa shape index (κ1) is 47.5. The van der Waals surface area contributed by atoms with Crippen LogP contribution in [0.5, 0.6) is 5.75 Å². The first-order valence-electron chi connectivity index (χ1n) is 25.8. The molecule has 0 aromatic heterocycles. The first-order valence-corrected chi connectivity index (χ1v) is 27.1. The van der Waals surface area contributed by atoms with Crippen LogP contribution in [0.1, 0.15) is 140 Å². The smallest absolute Gasteiger partial charge is 0.242 e. The molecule has 2 aromatic carbocycles. The molecule has 10 rings (SSSR count). The maximum absolute atomic E-state index is 14.5.